The number of nitrogens with zero attached hydrogens (tertiary/aromatic N) is 2. The standard InChI is InChI=1S/C18H21F3N2O4/c1-17(2,3)27-16(26)23-10-4-9-22(11-14(23)24)15(25)12-5-7-13(8-6-12)18(19,20)21/h5-8H,4,9-11H2,1-3H3. The Bertz CT molecular complexity index is 724. The van der Waals surface area contributed by atoms with Gasteiger partial charge in [-0.05, 0) is 51.5 Å². The highest BCUT2D eigenvalue weighted by Gasteiger charge is 2.33. The van der Waals surface area contributed by atoms with Crippen molar-refractivity contribution >= 4 is 17.9 Å². The smallest absolute Gasteiger partial charge is 0.417 e. The van der Waals surface area contributed by atoms with E-state index in [2.05, 4.69) is 0 Å². The van der Waals surface area contributed by atoms with Gasteiger partial charge in [-0.15, -0.1) is 0 Å². The number of ether oxygens (including phenoxy) is 1. The fourth-order valence-electron chi connectivity index (χ4n) is 2.54. The second kappa shape index (κ2) is 7.58. The molecule has 3 amide bonds. The second-order valence-electron chi connectivity index (χ2n) is 7.18. The third-order valence-corrected chi connectivity index (χ3v) is 3.80. The molecule has 1 aliphatic rings. The van der Waals surface area contributed by atoms with Crippen molar-refractivity contribution in [2.24, 2.45) is 0 Å². The zero-order valence-electron chi connectivity index (χ0n) is 15.3. The van der Waals surface area contributed by atoms with Crippen LogP contribution in [0.3, 0.4) is 0 Å². The van der Waals surface area contributed by atoms with E-state index in [4.69, 9.17) is 4.74 Å². The van der Waals surface area contributed by atoms with Gasteiger partial charge in [0.05, 0.1) is 5.56 Å². The topological polar surface area (TPSA) is 66.9 Å². The summed E-state index contributed by atoms with van der Waals surface area (Å²) in [6.07, 6.45) is -4.93. The Kier molecular flexibility index (Phi) is 5.82. The molecule has 0 aliphatic carbocycles. The van der Waals surface area contributed by atoms with Crippen LogP contribution in [0, 0.1) is 0 Å². The Hall–Kier alpha value is -2.58. The largest absolute Gasteiger partial charge is 0.443 e. The summed E-state index contributed by atoms with van der Waals surface area (Å²) in [7, 11) is 0. The molecule has 148 valence electrons. The van der Waals surface area contributed by atoms with Gasteiger partial charge in [0.25, 0.3) is 11.8 Å². The molecule has 9 heteroatoms. The molecule has 1 fully saturated rings. The van der Waals surface area contributed by atoms with Gasteiger partial charge >= 0.3 is 12.3 Å². The summed E-state index contributed by atoms with van der Waals surface area (Å²) in [5.74, 6) is -1.16. The summed E-state index contributed by atoms with van der Waals surface area (Å²) >= 11 is 0. The van der Waals surface area contributed by atoms with Gasteiger partial charge < -0.3 is 9.64 Å². The lowest BCUT2D eigenvalue weighted by atomic mass is 10.1. The fraction of sp³-hybridized carbons (Fsp3) is 0.500. The molecule has 0 radical (unpaired) electrons. The lowest BCUT2D eigenvalue weighted by Crippen LogP contribution is -2.44. The van der Waals surface area contributed by atoms with Crippen molar-refractivity contribution in [1.29, 1.82) is 0 Å². The van der Waals surface area contributed by atoms with Crippen molar-refractivity contribution in [2.75, 3.05) is 19.6 Å². The molecule has 1 heterocycles. The zero-order chi connectivity index (χ0) is 20.4. The summed E-state index contributed by atoms with van der Waals surface area (Å²) in [4.78, 5) is 39.2. The van der Waals surface area contributed by atoms with Crippen molar-refractivity contribution in [3.8, 4) is 0 Å². The SMILES string of the molecule is CC(C)(C)OC(=O)N1CCCN(C(=O)c2ccc(C(F)(F)F)cc2)CC1=O. The number of hydrogen-bond donors (Lipinski definition) is 0. The molecule has 0 atom stereocenters. The lowest BCUT2D eigenvalue weighted by Gasteiger charge is -2.25. The van der Waals surface area contributed by atoms with Crippen molar-refractivity contribution < 1.29 is 32.3 Å². The molecule has 2 rings (SSSR count). The maximum absolute atomic E-state index is 12.6. The van der Waals surface area contributed by atoms with Gasteiger partial charge in [-0.1, -0.05) is 0 Å². The van der Waals surface area contributed by atoms with Crippen LogP contribution >= 0.6 is 0 Å². The first-order valence-electron chi connectivity index (χ1n) is 8.38. The van der Waals surface area contributed by atoms with E-state index in [9.17, 15) is 27.6 Å². The molecule has 1 aromatic rings. The molecule has 0 bridgehead atoms. The lowest BCUT2D eigenvalue weighted by molar-refractivity contribution is -0.137. The summed E-state index contributed by atoms with van der Waals surface area (Å²) in [5, 5.41) is 0. The average molecular weight is 386 g/mol. The predicted molar refractivity (Wildman–Crippen MR) is 89.9 cm³/mol. The van der Waals surface area contributed by atoms with E-state index in [1.54, 1.807) is 20.8 Å². The van der Waals surface area contributed by atoms with Crippen LogP contribution < -0.4 is 0 Å². The molecule has 0 N–H and O–H groups in total. The molecule has 0 unspecified atom stereocenters. The summed E-state index contributed by atoms with van der Waals surface area (Å²) < 4.78 is 43.1. The number of amides is 3. The Balaban J connectivity index is 2.09. The number of alkyl halides is 3. The molecule has 1 aliphatic heterocycles. The maximum atomic E-state index is 12.6. The van der Waals surface area contributed by atoms with Gasteiger partial charge in [-0.2, -0.15) is 13.2 Å². The fourth-order valence-corrected chi connectivity index (χ4v) is 2.54. The number of imide groups is 1. The van der Waals surface area contributed by atoms with E-state index in [1.165, 1.54) is 4.90 Å². The van der Waals surface area contributed by atoms with Gasteiger partial charge in [0.15, 0.2) is 0 Å². The Morgan fingerprint density at radius 3 is 2.15 bits per heavy atom. The van der Waals surface area contributed by atoms with Crippen LogP contribution in [0.5, 0.6) is 0 Å². The molecule has 27 heavy (non-hydrogen) atoms. The minimum Gasteiger partial charge on any atom is -0.443 e. The normalized spacial score (nSPS) is 16.1. The van der Waals surface area contributed by atoms with Crippen LogP contribution in [0.1, 0.15) is 43.1 Å². The van der Waals surface area contributed by atoms with Crippen LogP contribution in [0.4, 0.5) is 18.0 Å². The number of carbonyl (C=O) groups is 3. The van der Waals surface area contributed by atoms with E-state index < -0.39 is 35.2 Å². The molecule has 0 aromatic heterocycles. The number of hydrogen-bond acceptors (Lipinski definition) is 4. The Labute approximate surface area is 154 Å². The number of rotatable bonds is 1. The highest BCUT2D eigenvalue weighted by Crippen LogP contribution is 2.29. The second-order valence-corrected chi connectivity index (χ2v) is 7.18. The summed E-state index contributed by atoms with van der Waals surface area (Å²) in [6.45, 7) is 4.98. The highest BCUT2D eigenvalue weighted by atomic mass is 19.4. The van der Waals surface area contributed by atoms with E-state index in [0.717, 1.165) is 29.2 Å². The molecule has 1 aromatic carbocycles. The number of benzene rings is 1. The first kappa shape index (κ1) is 20.7. The Morgan fingerprint density at radius 1 is 1.04 bits per heavy atom. The Morgan fingerprint density at radius 2 is 1.63 bits per heavy atom. The number of halogens is 3. The maximum Gasteiger partial charge on any atom is 0.417 e. The summed E-state index contributed by atoms with van der Waals surface area (Å²) in [6, 6.07) is 3.79. The molecular weight excluding hydrogens is 365 g/mol. The van der Waals surface area contributed by atoms with E-state index in [0.29, 0.717) is 6.42 Å². The van der Waals surface area contributed by atoms with E-state index >= 15 is 0 Å². The molecule has 0 spiro atoms. The molecule has 6 nitrogen and oxygen atoms in total. The van der Waals surface area contributed by atoms with Crippen molar-refractivity contribution in [3.05, 3.63) is 35.4 Å². The molecule has 1 saturated heterocycles. The molecule has 0 saturated carbocycles. The van der Waals surface area contributed by atoms with E-state index in [-0.39, 0.29) is 25.2 Å². The minimum absolute atomic E-state index is 0.0431. The quantitative estimate of drug-likeness (QED) is 0.743. The predicted octanol–water partition coefficient (Wildman–Crippen LogP) is 3.32. The van der Waals surface area contributed by atoms with Crippen LogP contribution in [0.2, 0.25) is 0 Å². The van der Waals surface area contributed by atoms with Gasteiger partial charge in [0.1, 0.15) is 12.1 Å². The van der Waals surface area contributed by atoms with Gasteiger partial charge in [-0.3, -0.25) is 9.59 Å². The monoisotopic (exact) mass is 386 g/mol. The minimum atomic E-state index is -4.49. The zero-order valence-corrected chi connectivity index (χ0v) is 15.3. The first-order valence-corrected chi connectivity index (χ1v) is 8.38. The van der Waals surface area contributed by atoms with Crippen LogP contribution in [0.25, 0.3) is 0 Å². The van der Waals surface area contributed by atoms with E-state index in [1.807, 2.05) is 0 Å². The van der Waals surface area contributed by atoms with Crippen molar-refractivity contribution in [1.82, 2.24) is 9.80 Å². The average Bonchev–Trinajstić information content (AvgIpc) is 2.73. The first-order chi connectivity index (χ1) is 12.4. The highest BCUT2D eigenvalue weighted by molar-refractivity contribution is 5.99. The van der Waals surface area contributed by atoms with Gasteiger partial charge in [0.2, 0.25) is 0 Å². The molecular formula is C18H21F3N2O4. The summed E-state index contributed by atoms with van der Waals surface area (Å²) in [5.41, 5.74) is -1.58. The van der Waals surface area contributed by atoms with Crippen LogP contribution in [-0.2, 0) is 15.7 Å². The van der Waals surface area contributed by atoms with Crippen LogP contribution in [0.15, 0.2) is 24.3 Å². The third kappa shape index (κ3) is 5.45. The van der Waals surface area contributed by atoms with Gasteiger partial charge in [0, 0.05) is 18.7 Å². The van der Waals surface area contributed by atoms with Crippen molar-refractivity contribution in [3.63, 3.8) is 0 Å². The van der Waals surface area contributed by atoms with Crippen molar-refractivity contribution in [2.45, 2.75) is 39.0 Å². The van der Waals surface area contributed by atoms with Crippen LogP contribution in [-0.4, -0.2) is 52.9 Å². The number of carbonyl (C=O) groups excluding carboxylic acids is 3. The third-order valence-electron chi connectivity index (χ3n) is 3.80. The van der Waals surface area contributed by atoms with Gasteiger partial charge in [-0.25, -0.2) is 9.69 Å².